The lowest BCUT2D eigenvalue weighted by Gasteiger charge is -2.27. The first-order valence-electron chi connectivity index (χ1n) is 7.50. The van der Waals surface area contributed by atoms with E-state index >= 15 is 0 Å². The van der Waals surface area contributed by atoms with Crippen LogP contribution < -0.4 is 5.32 Å². The third-order valence-corrected chi connectivity index (χ3v) is 4.11. The van der Waals surface area contributed by atoms with Crippen molar-refractivity contribution in [3.8, 4) is 0 Å². The molecule has 1 atom stereocenters. The largest absolute Gasteiger partial charge is 0.388 e. The average molecular weight is 326 g/mol. The third kappa shape index (κ3) is 6.16. The van der Waals surface area contributed by atoms with Gasteiger partial charge in [-0.1, -0.05) is 25.4 Å². The maximum absolute atomic E-state index is 11.9. The van der Waals surface area contributed by atoms with Gasteiger partial charge >= 0.3 is 0 Å². The van der Waals surface area contributed by atoms with Crippen LogP contribution in [0.4, 0.5) is 0 Å². The Morgan fingerprint density at radius 3 is 2.36 bits per heavy atom. The van der Waals surface area contributed by atoms with Crippen LogP contribution >= 0.6 is 11.6 Å². The first-order valence-corrected chi connectivity index (χ1v) is 7.88. The van der Waals surface area contributed by atoms with Crippen LogP contribution in [0.1, 0.15) is 50.4 Å². The Kier molecular flexibility index (Phi) is 7.04. The van der Waals surface area contributed by atoms with Crippen LogP contribution in [0, 0.1) is 5.92 Å². The second-order valence-electron chi connectivity index (χ2n) is 6.07. The summed E-state index contributed by atoms with van der Waals surface area (Å²) in [6, 6.07) is 6.72. The van der Waals surface area contributed by atoms with E-state index in [9.17, 15) is 14.7 Å². The third-order valence-electron chi connectivity index (χ3n) is 3.86. The zero-order valence-electron chi connectivity index (χ0n) is 13.4. The molecule has 0 fully saturated rings. The number of nitrogens with one attached hydrogen (secondary N) is 1. The molecule has 0 aliphatic rings. The van der Waals surface area contributed by atoms with Gasteiger partial charge in [-0.05, 0) is 43.5 Å². The molecule has 1 aromatic carbocycles. The highest BCUT2D eigenvalue weighted by molar-refractivity contribution is 6.30. The number of amides is 1. The van der Waals surface area contributed by atoms with Crippen LogP contribution in [0.3, 0.4) is 0 Å². The smallest absolute Gasteiger partial charge is 0.220 e. The summed E-state index contributed by atoms with van der Waals surface area (Å²) in [4.78, 5) is 23.7. The quantitative estimate of drug-likeness (QED) is 0.721. The maximum atomic E-state index is 11.9. The molecule has 0 aromatic heterocycles. The second kappa shape index (κ2) is 8.30. The summed E-state index contributed by atoms with van der Waals surface area (Å²) < 4.78 is 0. The zero-order chi connectivity index (χ0) is 16.8. The SMILES string of the molecule is CC(C)C(C)(O)CNC(=O)CCCC(=O)c1ccc(Cl)cc1. The Balaban J connectivity index is 2.30. The Labute approximate surface area is 136 Å². The van der Waals surface area contributed by atoms with Crippen LogP contribution in [0.25, 0.3) is 0 Å². The summed E-state index contributed by atoms with van der Waals surface area (Å²) in [6.07, 6.45) is 1.07. The van der Waals surface area contributed by atoms with Gasteiger partial charge in [-0.25, -0.2) is 0 Å². The summed E-state index contributed by atoms with van der Waals surface area (Å²) in [5.74, 6) is -0.0947. The Morgan fingerprint density at radius 1 is 1.23 bits per heavy atom. The molecule has 1 unspecified atom stereocenters. The van der Waals surface area contributed by atoms with Crippen molar-refractivity contribution < 1.29 is 14.7 Å². The molecule has 22 heavy (non-hydrogen) atoms. The predicted octanol–water partition coefficient (Wildman–Crippen LogP) is 3.22. The number of carbonyl (C=O) groups excluding carboxylic acids is 2. The highest BCUT2D eigenvalue weighted by atomic mass is 35.5. The molecule has 1 amide bonds. The van der Waals surface area contributed by atoms with E-state index in [0.717, 1.165) is 0 Å². The molecule has 2 N–H and O–H groups in total. The Morgan fingerprint density at radius 2 is 1.82 bits per heavy atom. The molecular formula is C17H24ClNO3. The minimum absolute atomic E-state index is 0.00126. The number of ketones is 1. The second-order valence-corrected chi connectivity index (χ2v) is 6.51. The lowest BCUT2D eigenvalue weighted by molar-refractivity contribution is -0.122. The average Bonchev–Trinajstić information content (AvgIpc) is 2.45. The van der Waals surface area contributed by atoms with Gasteiger partial charge in [-0.2, -0.15) is 0 Å². The number of carbonyl (C=O) groups is 2. The number of benzene rings is 1. The van der Waals surface area contributed by atoms with Gasteiger partial charge in [-0.15, -0.1) is 0 Å². The summed E-state index contributed by atoms with van der Waals surface area (Å²) in [5.41, 5.74) is -0.318. The number of hydrogen-bond acceptors (Lipinski definition) is 3. The van der Waals surface area contributed by atoms with Crippen LogP contribution in [-0.4, -0.2) is 28.9 Å². The molecule has 122 valence electrons. The Bertz CT molecular complexity index is 509. The van der Waals surface area contributed by atoms with E-state index in [2.05, 4.69) is 5.32 Å². The molecule has 0 heterocycles. The zero-order valence-corrected chi connectivity index (χ0v) is 14.1. The molecule has 1 rings (SSSR count). The lowest BCUT2D eigenvalue weighted by atomic mass is 9.92. The van der Waals surface area contributed by atoms with Gasteiger partial charge in [0.25, 0.3) is 0 Å². The molecule has 0 radical (unpaired) electrons. The van der Waals surface area contributed by atoms with E-state index in [0.29, 0.717) is 23.4 Å². The predicted molar refractivity (Wildman–Crippen MR) is 88.1 cm³/mol. The van der Waals surface area contributed by atoms with E-state index in [4.69, 9.17) is 11.6 Å². The maximum Gasteiger partial charge on any atom is 0.220 e. The number of aliphatic hydroxyl groups is 1. The highest BCUT2D eigenvalue weighted by Gasteiger charge is 2.25. The van der Waals surface area contributed by atoms with E-state index < -0.39 is 5.60 Å². The fourth-order valence-electron chi connectivity index (χ4n) is 1.76. The van der Waals surface area contributed by atoms with Crippen molar-refractivity contribution in [2.24, 2.45) is 5.92 Å². The first kappa shape index (κ1) is 18.7. The molecule has 0 saturated heterocycles. The number of rotatable bonds is 8. The molecule has 0 aliphatic carbocycles. The highest BCUT2D eigenvalue weighted by Crippen LogP contribution is 2.15. The van der Waals surface area contributed by atoms with Crippen molar-refractivity contribution in [3.05, 3.63) is 34.9 Å². The van der Waals surface area contributed by atoms with E-state index in [1.54, 1.807) is 31.2 Å². The lowest BCUT2D eigenvalue weighted by Crippen LogP contribution is -2.44. The normalized spacial score (nSPS) is 13.7. The van der Waals surface area contributed by atoms with Crippen molar-refractivity contribution in [1.29, 1.82) is 0 Å². The van der Waals surface area contributed by atoms with E-state index in [1.165, 1.54) is 0 Å². The topological polar surface area (TPSA) is 66.4 Å². The van der Waals surface area contributed by atoms with Gasteiger partial charge in [0.1, 0.15) is 0 Å². The fourth-order valence-corrected chi connectivity index (χ4v) is 1.89. The Hall–Kier alpha value is -1.39. The van der Waals surface area contributed by atoms with Crippen LogP contribution in [-0.2, 0) is 4.79 Å². The molecule has 0 aliphatic heterocycles. The first-order chi connectivity index (χ1) is 10.2. The van der Waals surface area contributed by atoms with Crippen molar-refractivity contribution in [2.75, 3.05) is 6.54 Å². The van der Waals surface area contributed by atoms with Crippen molar-refractivity contribution in [1.82, 2.24) is 5.32 Å². The minimum atomic E-state index is -0.922. The molecular weight excluding hydrogens is 302 g/mol. The standard InChI is InChI=1S/C17H24ClNO3/c1-12(2)17(3,22)11-19-16(21)6-4-5-15(20)13-7-9-14(18)10-8-13/h7-10,12,22H,4-6,11H2,1-3H3,(H,19,21). The molecule has 0 bridgehead atoms. The number of Topliss-reactive ketones (excluding diaryl/α,β-unsaturated/α-hetero) is 1. The molecule has 0 saturated carbocycles. The van der Waals surface area contributed by atoms with Gasteiger partial charge in [0.15, 0.2) is 5.78 Å². The summed E-state index contributed by atoms with van der Waals surface area (Å²) >= 11 is 5.77. The molecule has 0 spiro atoms. The number of hydrogen-bond donors (Lipinski definition) is 2. The van der Waals surface area contributed by atoms with E-state index in [1.807, 2.05) is 13.8 Å². The fraction of sp³-hybridized carbons (Fsp3) is 0.529. The molecule has 5 heteroatoms. The van der Waals surface area contributed by atoms with Gasteiger partial charge in [0.05, 0.1) is 5.60 Å². The van der Waals surface area contributed by atoms with Gasteiger partial charge < -0.3 is 10.4 Å². The van der Waals surface area contributed by atoms with Crippen molar-refractivity contribution in [3.63, 3.8) is 0 Å². The number of halogens is 1. The monoisotopic (exact) mass is 325 g/mol. The van der Waals surface area contributed by atoms with Gasteiger partial charge in [-0.3, -0.25) is 9.59 Å². The van der Waals surface area contributed by atoms with Crippen molar-refractivity contribution >= 4 is 23.3 Å². The van der Waals surface area contributed by atoms with Crippen molar-refractivity contribution in [2.45, 2.75) is 45.6 Å². The van der Waals surface area contributed by atoms with E-state index in [-0.39, 0.29) is 30.6 Å². The van der Waals surface area contributed by atoms with Gasteiger partial charge in [0.2, 0.25) is 5.91 Å². The van der Waals surface area contributed by atoms with Crippen LogP contribution in [0.5, 0.6) is 0 Å². The van der Waals surface area contributed by atoms with Crippen LogP contribution in [0.15, 0.2) is 24.3 Å². The van der Waals surface area contributed by atoms with Crippen LogP contribution in [0.2, 0.25) is 5.02 Å². The minimum Gasteiger partial charge on any atom is -0.388 e. The summed E-state index contributed by atoms with van der Waals surface area (Å²) in [6.45, 7) is 5.71. The molecule has 4 nitrogen and oxygen atoms in total. The summed E-state index contributed by atoms with van der Waals surface area (Å²) in [5, 5.41) is 13.3. The summed E-state index contributed by atoms with van der Waals surface area (Å²) in [7, 11) is 0. The molecule has 1 aromatic rings. The van der Waals surface area contributed by atoms with Gasteiger partial charge in [0, 0.05) is 30.0 Å².